The van der Waals surface area contributed by atoms with Crippen molar-refractivity contribution in [3.05, 3.63) is 41.7 Å². The zero-order chi connectivity index (χ0) is 11.0. The van der Waals surface area contributed by atoms with E-state index in [4.69, 9.17) is 11.6 Å². The first-order valence-corrected chi connectivity index (χ1v) is 5.76. The first-order chi connectivity index (χ1) is 7.83. The summed E-state index contributed by atoms with van der Waals surface area (Å²) in [5.41, 5.74) is 1.07. The second-order valence-corrected chi connectivity index (χ2v) is 4.45. The Morgan fingerprint density at radius 1 is 1.25 bits per heavy atom. The summed E-state index contributed by atoms with van der Waals surface area (Å²) >= 11 is 5.87. The van der Waals surface area contributed by atoms with E-state index in [0.29, 0.717) is 6.04 Å². The summed E-state index contributed by atoms with van der Waals surface area (Å²) in [5.74, 6) is 0.907. The molecule has 1 N–H and O–H groups in total. The van der Waals surface area contributed by atoms with Crippen LogP contribution in [0.2, 0.25) is 5.02 Å². The number of anilines is 1. The first kappa shape index (κ1) is 9.73. The molecule has 0 unspecified atom stereocenters. The Morgan fingerprint density at radius 2 is 2.00 bits per heavy atom. The van der Waals surface area contributed by atoms with E-state index in [1.54, 1.807) is 6.20 Å². The summed E-state index contributed by atoms with van der Waals surface area (Å²) in [6.45, 7) is 0. The van der Waals surface area contributed by atoms with Crippen LogP contribution in [0.1, 0.15) is 12.8 Å². The smallest absolute Gasteiger partial charge is 0.207 e. The highest BCUT2D eigenvalue weighted by Gasteiger charge is 2.22. The lowest BCUT2D eigenvalue weighted by Gasteiger charge is -2.08. The molecular formula is C12H12ClN3. The average molecular weight is 234 g/mol. The van der Waals surface area contributed by atoms with Crippen molar-refractivity contribution in [2.24, 2.45) is 0 Å². The van der Waals surface area contributed by atoms with Crippen LogP contribution in [0, 0.1) is 0 Å². The van der Waals surface area contributed by atoms with Gasteiger partial charge in [0.25, 0.3) is 0 Å². The Hall–Kier alpha value is -1.48. The molecular weight excluding hydrogens is 222 g/mol. The van der Waals surface area contributed by atoms with Crippen molar-refractivity contribution >= 4 is 17.5 Å². The minimum Gasteiger partial charge on any atom is -0.353 e. The third kappa shape index (κ3) is 1.91. The van der Waals surface area contributed by atoms with Crippen molar-refractivity contribution < 1.29 is 0 Å². The molecule has 3 rings (SSSR count). The van der Waals surface area contributed by atoms with Gasteiger partial charge in [0.1, 0.15) is 0 Å². The monoisotopic (exact) mass is 233 g/mol. The normalized spacial score (nSPS) is 15.1. The van der Waals surface area contributed by atoms with Crippen molar-refractivity contribution in [1.29, 1.82) is 0 Å². The van der Waals surface area contributed by atoms with Crippen LogP contribution >= 0.6 is 11.6 Å². The number of benzene rings is 1. The van der Waals surface area contributed by atoms with Gasteiger partial charge in [-0.3, -0.25) is 4.57 Å². The number of hydrogen-bond acceptors (Lipinski definition) is 2. The fourth-order valence-electron chi connectivity index (χ4n) is 1.63. The second-order valence-electron chi connectivity index (χ2n) is 4.02. The summed E-state index contributed by atoms with van der Waals surface area (Å²) < 4.78 is 2.04. The van der Waals surface area contributed by atoms with Crippen molar-refractivity contribution in [3.8, 4) is 5.69 Å². The summed E-state index contributed by atoms with van der Waals surface area (Å²) in [6, 6.07) is 8.35. The topological polar surface area (TPSA) is 29.9 Å². The molecule has 0 atom stereocenters. The van der Waals surface area contributed by atoms with Crippen LogP contribution < -0.4 is 5.32 Å². The van der Waals surface area contributed by atoms with E-state index in [0.717, 1.165) is 16.7 Å². The predicted octanol–water partition coefficient (Wildman–Crippen LogP) is 3.10. The SMILES string of the molecule is Clc1ccc(-n2ccnc2NC2CC2)cc1. The van der Waals surface area contributed by atoms with Crippen LogP contribution in [-0.2, 0) is 0 Å². The summed E-state index contributed by atoms with van der Waals surface area (Å²) in [5, 5.41) is 4.15. The van der Waals surface area contributed by atoms with Crippen molar-refractivity contribution in [3.63, 3.8) is 0 Å². The predicted molar refractivity (Wildman–Crippen MR) is 65.2 cm³/mol. The Kier molecular flexibility index (Phi) is 2.33. The van der Waals surface area contributed by atoms with E-state index >= 15 is 0 Å². The number of rotatable bonds is 3. The molecule has 1 fully saturated rings. The number of nitrogens with zero attached hydrogens (tertiary/aromatic N) is 2. The number of aromatic nitrogens is 2. The molecule has 0 bridgehead atoms. The zero-order valence-electron chi connectivity index (χ0n) is 8.73. The minimum atomic E-state index is 0.605. The molecule has 1 aliphatic carbocycles. The molecule has 0 radical (unpaired) electrons. The maximum Gasteiger partial charge on any atom is 0.207 e. The highest BCUT2D eigenvalue weighted by molar-refractivity contribution is 6.30. The molecule has 4 heteroatoms. The van der Waals surface area contributed by atoms with Crippen LogP contribution in [0.3, 0.4) is 0 Å². The van der Waals surface area contributed by atoms with Crippen LogP contribution in [0.15, 0.2) is 36.7 Å². The van der Waals surface area contributed by atoms with Gasteiger partial charge in [0.05, 0.1) is 0 Å². The fraction of sp³-hybridized carbons (Fsp3) is 0.250. The standard InChI is InChI=1S/C12H12ClN3/c13-9-1-5-11(6-2-9)16-8-7-14-12(16)15-10-3-4-10/h1-2,5-8,10H,3-4H2,(H,14,15). The maximum absolute atomic E-state index is 5.87. The summed E-state index contributed by atoms with van der Waals surface area (Å²) in [6.07, 6.45) is 6.24. The largest absolute Gasteiger partial charge is 0.353 e. The molecule has 16 heavy (non-hydrogen) atoms. The third-order valence-electron chi connectivity index (χ3n) is 2.66. The van der Waals surface area contributed by atoms with Gasteiger partial charge in [0.2, 0.25) is 5.95 Å². The van der Waals surface area contributed by atoms with Gasteiger partial charge in [0, 0.05) is 29.1 Å². The van der Waals surface area contributed by atoms with E-state index in [1.807, 2.05) is 35.0 Å². The van der Waals surface area contributed by atoms with Gasteiger partial charge in [-0.2, -0.15) is 0 Å². The van der Waals surface area contributed by atoms with Gasteiger partial charge >= 0.3 is 0 Å². The molecule has 0 amide bonds. The number of hydrogen-bond donors (Lipinski definition) is 1. The Bertz CT molecular complexity index is 485. The quantitative estimate of drug-likeness (QED) is 0.883. The molecule has 1 aromatic carbocycles. The van der Waals surface area contributed by atoms with Crippen LogP contribution in [0.4, 0.5) is 5.95 Å². The van der Waals surface area contributed by atoms with Crippen molar-refractivity contribution in [2.75, 3.05) is 5.32 Å². The Morgan fingerprint density at radius 3 is 2.69 bits per heavy atom. The number of halogens is 1. The molecule has 0 spiro atoms. The lowest BCUT2D eigenvalue weighted by atomic mass is 10.3. The Balaban J connectivity index is 1.92. The first-order valence-electron chi connectivity index (χ1n) is 5.39. The molecule has 82 valence electrons. The molecule has 1 heterocycles. The van der Waals surface area contributed by atoms with Crippen LogP contribution in [0.25, 0.3) is 5.69 Å². The van der Waals surface area contributed by atoms with Gasteiger partial charge in [-0.05, 0) is 37.1 Å². The molecule has 0 saturated heterocycles. The highest BCUT2D eigenvalue weighted by atomic mass is 35.5. The highest BCUT2D eigenvalue weighted by Crippen LogP contribution is 2.25. The van der Waals surface area contributed by atoms with E-state index in [9.17, 15) is 0 Å². The molecule has 1 aromatic heterocycles. The van der Waals surface area contributed by atoms with Gasteiger partial charge < -0.3 is 5.32 Å². The average Bonchev–Trinajstić information content (AvgIpc) is 2.97. The van der Waals surface area contributed by atoms with Gasteiger partial charge in [-0.25, -0.2) is 4.98 Å². The zero-order valence-corrected chi connectivity index (χ0v) is 9.48. The number of imidazole rings is 1. The number of nitrogens with one attached hydrogen (secondary N) is 1. The van der Waals surface area contributed by atoms with Crippen molar-refractivity contribution in [1.82, 2.24) is 9.55 Å². The van der Waals surface area contributed by atoms with Crippen LogP contribution in [-0.4, -0.2) is 15.6 Å². The summed E-state index contributed by atoms with van der Waals surface area (Å²) in [4.78, 5) is 4.31. The summed E-state index contributed by atoms with van der Waals surface area (Å²) in [7, 11) is 0. The second kappa shape index (κ2) is 3.83. The minimum absolute atomic E-state index is 0.605. The van der Waals surface area contributed by atoms with Gasteiger partial charge in [-0.15, -0.1) is 0 Å². The van der Waals surface area contributed by atoms with E-state index in [2.05, 4.69) is 10.3 Å². The lowest BCUT2D eigenvalue weighted by Crippen LogP contribution is -2.07. The fourth-order valence-corrected chi connectivity index (χ4v) is 1.76. The van der Waals surface area contributed by atoms with Gasteiger partial charge in [0.15, 0.2) is 0 Å². The van der Waals surface area contributed by atoms with Crippen LogP contribution in [0.5, 0.6) is 0 Å². The van der Waals surface area contributed by atoms with E-state index in [-0.39, 0.29) is 0 Å². The lowest BCUT2D eigenvalue weighted by molar-refractivity contribution is 1.00. The molecule has 1 saturated carbocycles. The molecule has 0 aliphatic heterocycles. The van der Waals surface area contributed by atoms with Crippen molar-refractivity contribution in [2.45, 2.75) is 18.9 Å². The van der Waals surface area contributed by atoms with Gasteiger partial charge in [-0.1, -0.05) is 11.6 Å². The molecule has 3 nitrogen and oxygen atoms in total. The Labute approximate surface area is 99.1 Å². The van der Waals surface area contributed by atoms with E-state index < -0.39 is 0 Å². The molecule has 1 aliphatic rings. The third-order valence-corrected chi connectivity index (χ3v) is 2.91. The maximum atomic E-state index is 5.87. The van der Waals surface area contributed by atoms with E-state index in [1.165, 1.54) is 12.8 Å². The molecule has 2 aromatic rings.